The van der Waals surface area contributed by atoms with E-state index < -0.39 is 11.8 Å². The highest BCUT2D eigenvalue weighted by Crippen LogP contribution is 2.32. The number of esters is 1. The number of ether oxygens (including phenoxy) is 3. The zero-order valence-electron chi connectivity index (χ0n) is 21.0. The van der Waals surface area contributed by atoms with Crippen LogP contribution in [0.25, 0.3) is 17.2 Å². The first-order valence-electron chi connectivity index (χ1n) is 11.4. The maximum absolute atomic E-state index is 14.8. The molecule has 2 aromatic heterocycles. The van der Waals surface area contributed by atoms with E-state index in [1.54, 1.807) is 31.2 Å². The summed E-state index contributed by atoms with van der Waals surface area (Å²) >= 11 is 0. The van der Waals surface area contributed by atoms with Gasteiger partial charge in [0, 0.05) is 22.9 Å². The topological polar surface area (TPSA) is 83.4 Å². The van der Waals surface area contributed by atoms with Gasteiger partial charge in [0.25, 0.3) is 5.88 Å². The number of carbonyl (C=O) groups is 1. The molecule has 2 heterocycles. The summed E-state index contributed by atoms with van der Waals surface area (Å²) in [4.78, 5) is 23.9. The molecule has 0 fully saturated rings. The Labute approximate surface area is 209 Å². The van der Waals surface area contributed by atoms with Gasteiger partial charge in [-0.2, -0.15) is 9.37 Å². The van der Waals surface area contributed by atoms with Crippen LogP contribution in [0, 0.1) is 17.0 Å². The Morgan fingerprint density at radius 3 is 2.56 bits per heavy atom. The molecule has 3 rings (SSSR count). The van der Waals surface area contributed by atoms with Gasteiger partial charge in [0.05, 0.1) is 19.4 Å². The molecule has 0 aliphatic rings. The normalized spacial score (nSPS) is 11.5. The van der Waals surface area contributed by atoms with Crippen molar-refractivity contribution in [2.75, 3.05) is 13.7 Å². The van der Waals surface area contributed by atoms with Crippen LogP contribution in [0.2, 0.25) is 0 Å². The summed E-state index contributed by atoms with van der Waals surface area (Å²) < 4.78 is 45.1. The van der Waals surface area contributed by atoms with E-state index in [1.165, 1.54) is 19.3 Å². The molecular weight excluding hydrogens is 468 g/mol. The summed E-state index contributed by atoms with van der Waals surface area (Å²) in [5, 5.41) is 0. The van der Waals surface area contributed by atoms with Gasteiger partial charge in [-0.25, -0.2) is 14.2 Å². The second kappa shape index (κ2) is 11.7. The van der Waals surface area contributed by atoms with Crippen LogP contribution in [-0.2, 0) is 22.6 Å². The molecule has 0 radical (unpaired) electrons. The number of hydrogen-bond acceptors (Lipinski definition) is 7. The molecule has 0 saturated heterocycles. The van der Waals surface area contributed by atoms with Crippen molar-refractivity contribution in [1.82, 2.24) is 15.0 Å². The lowest BCUT2D eigenvalue weighted by Gasteiger charge is -2.21. The highest BCUT2D eigenvalue weighted by atomic mass is 19.1. The summed E-state index contributed by atoms with van der Waals surface area (Å²) in [6, 6.07) is 8.02. The van der Waals surface area contributed by atoms with Crippen LogP contribution in [0.4, 0.5) is 8.78 Å². The van der Waals surface area contributed by atoms with Crippen molar-refractivity contribution in [2.45, 2.75) is 40.7 Å². The van der Waals surface area contributed by atoms with Crippen LogP contribution in [0.1, 0.15) is 44.8 Å². The van der Waals surface area contributed by atoms with Gasteiger partial charge >= 0.3 is 5.97 Å². The molecule has 0 bridgehead atoms. The zero-order chi connectivity index (χ0) is 26.3. The van der Waals surface area contributed by atoms with E-state index in [4.69, 9.17) is 19.2 Å². The number of pyridine rings is 1. The predicted octanol–water partition coefficient (Wildman–Crippen LogP) is 5.57. The van der Waals surface area contributed by atoms with Crippen LogP contribution >= 0.6 is 0 Å². The standard InChI is InChI=1S/C27H29F2N3O4/c1-6-35-24(33)12-11-22-25(29)26(31-16-30-22)36-15-17-7-9-19(23(32-17)14-27(2,3)4)20-13-18(34-5)8-10-21(20)28/h7-13,16H,6,14-15H2,1-5H3/b12-11+. The highest BCUT2D eigenvalue weighted by molar-refractivity contribution is 5.86. The summed E-state index contributed by atoms with van der Waals surface area (Å²) in [6.45, 7) is 7.98. The minimum Gasteiger partial charge on any atom is -0.497 e. The van der Waals surface area contributed by atoms with E-state index >= 15 is 0 Å². The highest BCUT2D eigenvalue weighted by Gasteiger charge is 2.20. The van der Waals surface area contributed by atoms with Crippen molar-refractivity contribution in [3.05, 3.63) is 71.5 Å². The van der Waals surface area contributed by atoms with Crippen LogP contribution in [-0.4, -0.2) is 34.6 Å². The van der Waals surface area contributed by atoms with Gasteiger partial charge in [-0.1, -0.05) is 26.8 Å². The van der Waals surface area contributed by atoms with Crippen LogP contribution < -0.4 is 9.47 Å². The number of benzene rings is 1. The lowest BCUT2D eigenvalue weighted by Crippen LogP contribution is -2.13. The minimum absolute atomic E-state index is 0.0764. The molecule has 0 saturated carbocycles. The number of hydrogen-bond donors (Lipinski definition) is 0. The number of halogens is 2. The van der Waals surface area contributed by atoms with E-state index in [9.17, 15) is 13.6 Å². The van der Waals surface area contributed by atoms with Gasteiger partial charge in [-0.15, -0.1) is 0 Å². The fourth-order valence-electron chi connectivity index (χ4n) is 3.41. The van der Waals surface area contributed by atoms with E-state index in [1.807, 2.05) is 0 Å². The van der Waals surface area contributed by atoms with Crippen molar-refractivity contribution in [3.8, 4) is 22.8 Å². The van der Waals surface area contributed by atoms with E-state index in [0.717, 1.165) is 12.4 Å². The van der Waals surface area contributed by atoms with E-state index in [0.29, 0.717) is 34.7 Å². The fourth-order valence-corrected chi connectivity index (χ4v) is 3.41. The molecule has 1 aromatic carbocycles. The second-order valence-electron chi connectivity index (χ2n) is 9.13. The number of aromatic nitrogens is 3. The van der Waals surface area contributed by atoms with Crippen LogP contribution in [0.5, 0.6) is 11.6 Å². The molecular formula is C27H29F2N3O4. The summed E-state index contributed by atoms with van der Waals surface area (Å²) in [6.07, 6.45) is 3.97. The Hall–Kier alpha value is -3.88. The van der Waals surface area contributed by atoms with Crippen LogP contribution in [0.3, 0.4) is 0 Å². The van der Waals surface area contributed by atoms with Crippen molar-refractivity contribution >= 4 is 12.0 Å². The van der Waals surface area contributed by atoms with Crippen molar-refractivity contribution in [1.29, 1.82) is 0 Å². The molecule has 3 aromatic rings. The third kappa shape index (κ3) is 7.07. The summed E-state index contributed by atoms with van der Waals surface area (Å²) in [5.41, 5.74) is 1.98. The maximum atomic E-state index is 14.8. The maximum Gasteiger partial charge on any atom is 0.330 e. The van der Waals surface area contributed by atoms with Crippen LogP contribution in [0.15, 0.2) is 42.7 Å². The Balaban J connectivity index is 1.88. The monoisotopic (exact) mass is 497 g/mol. The average molecular weight is 498 g/mol. The van der Waals surface area contributed by atoms with Gasteiger partial charge in [0.1, 0.15) is 30.2 Å². The summed E-state index contributed by atoms with van der Waals surface area (Å²) in [5.74, 6) is -1.56. The van der Waals surface area contributed by atoms with Gasteiger partial charge in [0.2, 0.25) is 5.82 Å². The van der Waals surface area contributed by atoms with Gasteiger partial charge in [-0.05, 0) is 49.1 Å². The van der Waals surface area contributed by atoms with E-state index in [-0.39, 0.29) is 36.0 Å². The van der Waals surface area contributed by atoms with E-state index in [2.05, 4.69) is 30.7 Å². The first kappa shape index (κ1) is 26.7. The molecule has 7 nitrogen and oxygen atoms in total. The molecule has 0 unspecified atom stereocenters. The molecule has 0 aliphatic carbocycles. The minimum atomic E-state index is -0.817. The smallest absolute Gasteiger partial charge is 0.330 e. The number of rotatable bonds is 9. The van der Waals surface area contributed by atoms with Gasteiger partial charge in [0.15, 0.2) is 0 Å². The Kier molecular flexibility index (Phi) is 8.68. The largest absolute Gasteiger partial charge is 0.497 e. The number of methoxy groups -OCH3 is 1. The molecule has 190 valence electrons. The average Bonchev–Trinajstić information content (AvgIpc) is 2.82. The third-order valence-corrected chi connectivity index (χ3v) is 5.00. The van der Waals surface area contributed by atoms with Gasteiger partial charge < -0.3 is 14.2 Å². The lowest BCUT2D eigenvalue weighted by molar-refractivity contribution is -0.137. The molecule has 0 spiro atoms. The van der Waals surface area contributed by atoms with Crippen molar-refractivity contribution in [2.24, 2.45) is 5.41 Å². The molecule has 0 amide bonds. The molecule has 0 N–H and O–H groups in total. The Bertz CT molecular complexity index is 1260. The van der Waals surface area contributed by atoms with Crippen molar-refractivity contribution < 1.29 is 27.8 Å². The quantitative estimate of drug-likeness (QED) is 0.282. The number of nitrogens with zero attached hydrogens (tertiary/aromatic N) is 3. The molecule has 36 heavy (non-hydrogen) atoms. The van der Waals surface area contributed by atoms with Gasteiger partial charge in [-0.3, -0.25) is 4.98 Å². The first-order valence-corrected chi connectivity index (χ1v) is 11.4. The van der Waals surface area contributed by atoms with Crippen molar-refractivity contribution in [3.63, 3.8) is 0 Å². The zero-order valence-corrected chi connectivity index (χ0v) is 21.0. The predicted molar refractivity (Wildman–Crippen MR) is 131 cm³/mol. The lowest BCUT2D eigenvalue weighted by atomic mass is 9.87. The third-order valence-electron chi connectivity index (χ3n) is 5.00. The molecule has 9 heteroatoms. The molecule has 0 atom stereocenters. The molecule has 0 aliphatic heterocycles. The SMILES string of the molecule is CCOC(=O)/C=C/c1ncnc(OCc2ccc(-c3cc(OC)ccc3F)c(CC(C)(C)C)n2)c1F. The Morgan fingerprint density at radius 2 is 1.86 bits per heavy atom. The Morgan fingerprint density at radius 1 is 1.08 bits per heavy atom. The second-order valence-corrected chi connectivity index (χ2v) is 9.13. The fraction of sp³-hybridized carbons (Fsp3) is 0.333. The first-order chi connectivity index (χ1) is 17.1. The number of carbonyl (C=O) groups excluding carboxylic acids is 1. The summed E-state index contributed by atoms with van der Waals surface area (Å²) in [7, 11) is 1.52.